The van der Waals surface area contributed by atoms with Crippen LogP contribution in [0.15, 0.2) is 24.3 Å². The van der Waals surface area contributed by atoms with Crippen molar-refractivity contribution in [1.29, 1.82) is 0 Å². The average Bonchev–Trinajstić information content (AvgIpc) is 2.75. The zero-order valence-corrected chi connectivity index (χ0v) is 12.1. The predicted molar refractivity (Wildman–Crippen MR) is 77.9 cm³/mol. The first-order valence-electron chi connectivity index (χ1n) is 7.16. The topological polar surface area (TPSA) is 41.1 Å². The zero-order chi connectivity index (χ0) is 13.8. The van der Waals surface area contributed by atoms with Crippen LogP contribution in [0.3, 0.4) is 0 Å². The molecule has 104 valence electrons. The number of hydrogen-bond acceptors (Lipinski definition) is 2. The van der Waals surface area contributed by atoms with E-state index in [1.165, 1.54) is 11.1 Å². The van der Waals surface area contributed by atoms with Gasteiger partial charge in [0, 0.05) is 25.0 Å². The summed E-state index contributed by atoms with van der Waals surface area (Å²) in [6.45, 7) is 7.37. The van der Waals surface area contributed by atoms with Crippen LogP contribution in [0.4, 0.5) is 0 Å². The summed E-state index contributed by atoms with van der Waals surface area (Å²) < 4.78 is 0. The van der Waals surface area contributed by atoms with Crippen LogP contribution in [-0.2, 0) is 11.2 Å². The summed E-state index contributed by atoms with van der Waals surface area (Å²) in [4.78, 5) is 11.2. The summed E-state index contributed by atoms with van der Waals surface area (Å²) in [6, 6.07) is 9.36. The highest BCUT2D eigenvalue weighted by molar-refractivity contribution is 5.78. The Labute approximate surface area is 115 Å². The van der Waals surface area contributed by atoms with Gasteiger partial charge in [0.15, 0.2) is 0 Å². The number of amides is 1. The Kier molecular flexibility index (Phi) is 4.59. The van der Waals surface area contributed by atoms with Crippen molar-refractivity contribution >= 4 is 5.91 Å². The molecule has 0 bridgehead atoms. The second-order valence-corrected chi connectivity index (χ2v) is 5.93. The molecule has 1 aliphatic heterocycles. The maximum atomic E-state index is 11.2. The van der Waals surface area contributed by atoms with Gasteiger partial charge in [-0.1, -0.05) is 38.1 Å². The monoisotopic (exact) mass is 260 g/mol. The second kappa shape index (κ2) is 6.20. The van der Waals surface area contributed by atoms with Crippen molar-refractivity contribution in [3.8, 4) is 0 Å². The van der Waals surface area contributed by atoms with Crippen LogP contribution in [0.5, 0.6) is 0 Å². The Morgan fingerprint density at radius 2 is 1.95 bits per heavy atom. The molecule has 1 amide bonds. The normalized spacial score (nSPS) is 20.6. The predicted octanol–water partition coefficient (Wildman–Crippen LogP) is 2.42. The number of rotatable bonds is 5. The molecule has 3 heteroatoms. The van der Waals surface area contributed by atoms with Gasteiger partial charge in [-0.05, 0) is 30.4 Å². The van der Waals surface area contributed by atoms with Crippen LogP contribution in [0, 0.1) is 5.92 Å². The fourth-order valence-corrected chi connectivity index (χ4v) is 2.59. The van der Waals surface area contributed by atoms with E-state index in [9.17, 15) is 4.79 Å². The van der Waals surface area contributed by atoms with E-state index >= 15 is 0 Å². The molecule has 19 heavy (non-hydrogen) atoms. The quantitative estimate of drug-likeness (QED) is 0.853. The molecule has 0 aromatic heterocycles. The van der Waals surface area contributed by atoms with E-state index in [1.54, 1.807) is 0 Å². The van der Waals surface area contributed by atoms with Crippen molar-refractivity contribution < 1.29 is 4.79 Å². The summed E-state index contributed by atoms with van der Waals surface area (Å²) in [5.41, 5.74) is 2.68. The Morgan fingerprint density at radius 3 is 2.47 bits per heavy atom. The van der Waals surface area contributed by atoms with Crippen molar-refractivity contribution in [1.82, 2.24) is 10.6 Å². The highest BCUT2D eigenvalue weighted by Gasteiger charge is 2.22. The molecular weight excluding hydrogens is 236 g/mol. The van der Waals surface area contributed by atoms with Gasteiger partial charge in [0.2, 0.25) is 5.91 Å². The number of nitrogens with one attached hydrogen (secondary N) is 2. The van der Waals surface area contributed by atoms with E-state index in [1.807, 2.05) is 0 Å². The molecule has 0 aliphatic carbocycles. The van der Waals surface area contributed by atoms with Gasteiger partial charge in [-0.15, -0.1) is 0 Å². The van der Waals surface area contributed by atoms with Crippen molar-refractivity contribution in [2.24, 2.45) is 5.92 Å². The SMILES string of the molecule is CC(C)Cc1ccc(C(C)NC2CNC(=O)C2)cc1. The lowest BCUT2D eigenvalue weighted by molar-refractivity contribution is -0.119. The van der Waals surface area contributed by atoms with Crippen LogP contribution in [0.25, 0.3) is 0 Å². The first-order chi connectivity index (χ1) is 9.04. The van der Waals surface area contributed by atoms with Gasteiger partial charge in [-0.2, -0.15) is 0 Å². The lowest BCUT2D eigenvalue weighted by Crippen LogP contribution is -2.33. The van der Waals surface area contributed by atoms with Crippen LogP contribution in [0.1, 0.15) is 44.4 Å². The molecule has 1 aliphatic rings. The fourth-order valence-electron chi connectivity index (χ4n) is 2.59. The van der Waals surface area contributed by atoms with Crippen molar-refractivity contribution in [2.45, 2.75) is 45.7 Å². The van der Waals surface area contributed by atoms with Crippen LogP contribution < -0.4 is 10.6 Å². The summed E-state index contributed by atoms with van der Waals surface area (Å²) in [5, 5.41) is 6.36. The lowest BCUT2D eigenvalue weighted by atomic mass is 9.99. The van der Waals surface area contributed by atoms with Gasteiger partial charge < -0.3 is 10.6 Å². The largest absolute Gasteiger partial charge is 0.354 e. The molecule has 0 radical (unpaired) electrons. The smallest absolute Gasteiger partial charge is 0.221 e. The summed E-state index contributed by atoms with van der Waals surface area (Å²) >= 11 is 0. The first kappa shape index (κ1) is 14.1. The van der Waals surface area contributed by atoms with Gasteiger partial charge in [0.05, 0.1) is 0 Å². The molecule has 0 saturated carbocycles. The third-order valence-corrected chi connectivity index (χ3v) is 3.59. The molecule has 0 spiro atoms. The Balaban J connectivity index is 1.91. The molecule has 2 rings (SSSR count). The van der Waals surface area contributed by atoms with Crippen LogP contribution in [-0.4, -0.2) is 18.5 Å². The molecule has 3 nitrogen and oxygen atoms in total. The molecule has 2 atom stereocenters. The second-order valence-electron chi connectivity index (χ2n) is 5.93. The number of benzene rings is 1. The Bertz CT molecular complexity index is 425. The van der Waals surface area contributed by atoms with E-state index < -0.39 is 0 Å². The summed E-state index contributed by atoms with van der Waals surface area (Å²) in [6.07, 6.45) is 1.72. The van der Waals surface area contributed by atoms with Gasteiger partial charge in [0.1, 0.15) is 0 Å². The molecule has 2 N–H and O–H groups in total. The van der Waals surface area contributed by atoms with E-state index in [2.05, 4.69) is 55.7 Å². The van der Waals surface area contributed by atoms with Crippen LogP contribution in [0.2, 0.25) is 0 Å². The summed E-state index contributed by atoms with van der Waals surface area (Å²) in [7, 11) is 0. The van der Waals surface area contributed by atoms with Gasteiger partial charge >= 0.3 is 0 Å². The fraction of sp³-hybridized carbons (Fsp3) is 0.562. The van der Waals surface area contributed by atoms with E-state index in [-0.39, 0.29) is 18.0 Å². The first-order valence-corrected chi connectivity index (χ1v) is 7.16. The third-order valence-electron chi connectivity index (χ3n) is 3.59. The molecular formula is C16H24N2O. The highest BCUT2D eigenvalue weighted by atomic mass is 16.1. The Hall–Kier alpha value is -1.35. The lowest BCUT2D eigenvalue weighted by Gasteiger charge is -2.19. The van der Waals surface area contributed by atoms with Crippen molar-refractivity contribution in [3.05, 3.63) is 35.4 Å². The minimum Gasteiger partial charge on any atom is -0.354 e. The van der Waals surface area contributed by atoms with Gasteiger partial charge in [-0.3, -0.25) is 4.79 Å². The molecule has 1 saturated heterocycles. The molecule has 1 fully saturated rings. The van der Waals surface area contributed by atoms with E-state index in [0.29, 0.717) is 12.3 Å². The summed E-state index contributed by atoms with van der Waals surface area (Å²) in [5.74, 6) is 0.842. The van der Waals surface area contributed by atoms with Crippen molar-refractivity contribution in [3.63, 3.8) is 0 Å². The minimum atomic E-state index is 0.150. The van der Waals surface area contributed by atoms with Gasteiger partial charge in [0.25, 0.3) is 0 Å². The third kappa shape index (κ3) is 4.06. The molecule has 2 unspecified atom stereocenters. The van der Waals surface area contributed by atoms with E-state index in [0.717, 1.165) is 13.0 Å². The van der Waals surface area contributed by atoms with Crippen molar-refractivity contribution in [2.75, 3.05) is 6.54 Å². The van der Waals surface area contributed by atoms with Gasteiger partial charge in [-0.25, -0.2) is 0 Å². The number of carbonyl (C=O) groups is 1. The molecule has 1 heterocycles. The van der Waals surface area contributed by atoms with Crippen LogP contribution >= 0.6 is 0 Å². The standard InChI is InChI=1S/C16H24N2O/c1-11(2)8-13-4-6-14(7-5-13)12(3)18-15-9-16(19)17-10-15/h4-7,11-12,15,18H,8-10H2,1-3H3,(H,17,19). The minimum absolute atomic E-state index is 0.150. The Morgan fingerprint density at radius 1 is 1.26 bits per heavy atom. The number of carbonyl (C=O) groups excluding carboxylic acids is 1. The number of hydrogen-bond donors (Lipinski definition) is 2. The molecule has 1 aromatic carbocycles. The maximum absolute atomic E-state index is 11.2. The highest BCUT2D eigenvalue weighted by Crippen LogP contribution is 2.17. The maximum Gasteiger partial charge on any atom is 0.221 e. The zero-order valence-electron chi connectivity index (χ0n) is 12.1. The van der Waals surface area contributed by atoms with E-state index in [4.69, 9.17) is 0 Å². The average molecular weight is 260 g/mol. The molecule has 1 aromatic rings.